The molecule has 2 unspecified atom stereocenters. The number of rotatable bonds is 10. The number of aromatic nitrogens is 1. The lowest BCUT2D eigenvalue weighted by molar-refractivity contribution is -0.139. The van der Waals surface area contributed by atoms with Crippen LogP contribution >= 0.6 is 0 Å². The minimum Gasteiger partial charge on any atom is -0.481 e. The maximum absolute atomic E-state index is 15.9. The predicted octanol–water partition coefficient (Wildman–Crippen LogP) is 7.14. The number of carboxylic acid groups (broad SMARTS) is 1. The summed E-state index contributed by atoms with van der Waals surface area (Å²) in [5.74, 6) is -2.19. The van der Waals surface area contributed by atoms with Gasteiger partial charge >= 0.3 is 12.1 Å². The smallest absolute Gasteiger partial charge is 0.416 e. The highest BCUT2D eigenvalue weighted by Crippen LogP contribution is 2.39. The fraction of sp³-hybridized carbons (Fsp3) is 0.432. The number of hydrogen-bond acceptors (Lipinski definition) is 4. The number of benzene rings is 2. The van der Waals surface area contributed by atoms with Gasteiger partial charge in [0.15, 0.2) is 0 Å². The van der Waals surface area contributed by atoms with Gasteiger partial charge in [-0.2, -0.15) is 13.2 Å². The number of amides is 1. The molecular formula is C37H40F5N3O4. The Labute approximate surface area is 282 Å². The number of carbonyl (C=O) groups is 2. The maximum atomic E-state index is 15.9. The van der Waals surface area contributed by atoms with E-state index in [0.29, 0.717) is 54.3 Å². The van der Waals surface area contributed by atoms with Crippen molar-refractivity contribution in [1.29, 1.82) is 0 Å². The highest BCUT2D eigenvalue weighted by Gasteiger charge is 2.38. The second-order valence-corrected chi connectivity index (χ2v) is 13.3. The van der Waals surface area contributed by atoms with E-state index in [2.05, 4.69) is 11.2 Å². The highest BCUT2D eigenvalue weighted by molar-refractivity contribution is 5.82. The molecular weight excluding hydrogens is 645 g/mol. The highest BCUT2D eigenvalue weighted by atomic mass is 19.4. The first-order valence-electron chi connectivity index (χ1n) is 16.0. The molecule has 0 spiro atoms. The van der Waals surface area contributed by atoms with E-state index in [1.54, 1.807) is 27.7 Å². The van der Waals surface area contributed by atoms with Gasteiger partial charge in [0, 0.05) is 17.8 Å². The van der Waals surface area contributed by atoms with E-state index in [1.165, 1.54) is 24.3 Å². The predicted molar refractivity (Wildman–Crippen MR) is 176 cm³/mol. The van der Waals surface area contributed by atoms with Crippen LogP contribution in [0.5, 0.6) is 0 Å². The Hall–Kier alpha value is -4.50. The lowest BCUT2D eigenvalue weighted by atomic mass is 9.87. The molecule has 262 valence electrons. The Bertz CT molecular complexity index is 1810. The van der Waals surface area contributed by atoms with E-state index in [0.717, 1.165) is 10.8 Å². The number of nitrogens with zero attached hydrogens (tertiary/aromatic N) is 2. The summed E-state index contributed by atoms with van der Waals surface area (Å²) in [4.78, 5) is 41.5. The number of likely N-dealkylation sites (tertiary alicyclic amines) is 1. The molecule has 1 aliphatic rings. The van der Waals surface area contributed by atoms with Crippen LogP contribution in [0.15, 0.2) is 41.3 Å². The van der Waals surface area contributed by atoms with Gasteiger partial charge in [-0.05, 0) is 117 Å². The van der Waals surface area contributed by atoms with E-state index < -0.39 is 65.2 Å². The van der Waals surface area contributed by atoms with Crippen LogP contribution in [0.3, 0.4) is 0 Å². The Morgan fingerprint density at radius 1 is 1.06 bits per heavy atom. The number of hydrogen-bond donors (Lipinski definition) is 2. The van der Waals surface area contributed by atoms with E-state index in [9.17, 15) is 37.1 Å². The SMILES string of the molecule is C#Cc1cc(-c2c(C)cc(F)cc2C)cc(C(CC(=O)O)NC(=O)C(CC(C)C)n2cc(C3CCN(C)CC3)c(C(F)(F)F)cc2=O)c1F. The molecule has 1 aliphatic heterocycles. The molecule has 0 aliphatic carbocycles. The summed E-state index contributed by atoms with van der Waals surface area (Å²) in [5, 5.41) is 12.4. The molecule has 7 nitrogen and oxygen atoms in total. The van der Waals surface area contributed by atoms with Crippen LogP contribution in [0, 0.1) is 43.7 Å². The van der Waals surface area contributed by atoms with Gasteiger partial charge in [0.1, 0.15) is 17.7 Å². The van der Waals surface area contributed by atoms with Crippen LogP contribution in [-0.4, -0.2) is 46.6 Å². The summed E-state index contributed by atoms with van der Waals surface area (Å²) < 4.78 is 73.6. The average molecular weight is 686 g/mol. The van der Waals surface area contributed by atoms with E-state index >= 15 is 4.39 Å². The minimum atomic E-state index is -4.81. The molecule has 2 aromatic carbocycles. The number of pyridine rings is 1. The number of aliphatic carboxylic acids is 1. The molecule has 12 heteroatoms. The van der Waals surface area contributed by atoms with Crippen molar-refractivity contribution in [3.8, 4) is 23.5 Å². The summed E-state index contributed by atoms with van der Waals surface area (Å²) in [6.45, 7) is 7.93. The average Bonchev–Trinajstić information content (AvgIpc) is 2.99. The maximum Gasteiger partial charge on any atom is 0.416 e. The fourth-order valence-corrected chi connectivity index (χ4v) is 6.69. The first-order valence-corrected chi connectivity index (χ1v) is 16.0. The second-order valence-electron chi connectivity index (χ2n) is 13.3. The molecule has 1 aromatic heterocycles. The van der Waals surface area contributed by atoms with Crippen LogP contribution < -0.4 is 10.9 Å². The van der Waals surface area contributed by atoms with Gasteiger partial charge in [-0.3, -0.25) is 14.4 Å². The number of halogens is 5. The molecule has 2 heterocycles. The quantitative estimate of drug-likeness (QED) is 0.175. The van der Waals surface area contributed by atoms with Crippen LogP contribution in [0.4, 0.5) is 22.0 Å². The monoisotopic (exact) mass is 685 g/mol. The lowest BCUT2D eigenvalue weighted by Gasteiger charge is -2.32. The molecule has 1 fully saturated rings. The molecule has 1 amide bonds. The Morgan fingerprint density at radius 3 is 2.20 bits per heavy atom. The van der Waals surface area contributed by atoms with Gasteiger partial charge in [-0.1, -0.05) is 19.8 Å². The summed E-state index contributed by atoms with van der Waals surface area (Å²) in [6.07, 6.45) is 1.98. The number of alkyl halides is 3. The molecule has 0 saturated carbocycles. The van der Waals surface area contributed by atoms with Crippen molar-refractivity contribution in [1.82, 2.24) is 14.8 Å². The van der Waals surface area contributed by atoms with Crippen molar-refractivity contribution in [2.75, 3.05) is 20.1 Å². The van der Waals surface area contributed by atoms with Crippen LogP contribution in [0.2, 0.25) is 0 Å². The molecule has 3 aromatic rings. The zero-order chi connectivity index (χ0) is 36.4. The normalized spacial score (nSPS) is 15.6. The van der Waals surface area contributed by atoms with Crippen molar-refractivity contribution in [2.24, 2.45) is 5.92 Å². The largest absolute Gasteiger partial charge is 0.481 e. The summed E-state index contributed by atoms with van der Waals surface area (Å²) >= 11 is 0. The molecule has 1 saturated heterocycles. The first kappa shape index (κ1) is 37.3. The topological polar surface area (TPSA) is 91.6 Å². The van der Waals surface area contributed by atoms with Crippen molar-refractivity contribution in [3.05, 3.63) is 91.9 Å². The number of carboxylic acids is 1. The molecule has 49 heavy (non-hydrogen) atoms. The number of carbonyl (C=O) groups excluding carboxylic acids is 1. The van der Waals surface area contributed by atoms with Crippen molar-refractivity contribution >= 4 is 11.9 Å². The van der Waals surface area contributed by atoms with Crippen molar-refractivity contribution < 1.29 is 36.6 Å². The van der Waals surface area contributed by atoms with Gasteiger partial charge in [0.05, 0.1) is 23.6 Å². The Morgan fingerprint density at radius 2 is 1.67 bits per heavy atom. The number of terminal acetylenes is 1. The number of aryl methyl sites for hydroxylation is 2. The van der Waals surface area contributed by atoms with E-state index in [4.69, 9.17) is 6.42 Å². The standard InChI is InChI=1S/C37H40F5N3O4/c1-7-23-15-25(34-21(4)13-26(38)14-22(34)5)16-27(35(23)39)30(18-33(47)48)43-36(49)31(12-20(2)3)45-19-28(24-8-10-44(6)11-9-24)29(17-32(45)46)37(40,41)42/h1,13-17,19-20,24,30-31H,8-12,18H2,2-6H3,(H,43,49)(H,47,48). The molecule has 2 atom stereocenters. The zero-order valence-corrected chi connectivity index (χ0v) is 28.0. The minimum absolute atomic E-state index is 0.00976. The number of nitrogens with one attached hydrogen (secondary N) is 1. The Kier molecular flexibility index (Phi) is 11.4. The summed E-state index contributed by atoms with van der Waals surface area (Å²) in [6, 6.07) is 2.96. The van der Waals surface area contributed by atoms with Gasteiger partial charge in [0.25, 0.3) is 5.56 Å². The summed E-state index contributed by atoms with van der Waals surface area (Å²) in [5.41, 5.74) is -0.745. The third-order valence-electron chi connectivity index (χ3n) is 9.02. The molecule has 0 bridgehead atoms. The molecule has 2 N–H and O–H groups in total. The van der Waals surface area contributed by atoms with Crippen molar-refractivity contribution in [3.63, 3.8) is 0 Å². The zero-order valence-electron chi connectivity index (χ0n) is 28.0. The van der Waals surface area contributed by atoms with E-state index in [-0.39, 0.29) is 29.0 Å². The van der Waals surface area contributed by atoms with E-state index in [1.807, 2.05) is 11.9 Å². The van der Waals surface area contributed by atoms with Crippen LogP contribution in [-0.2, 0) is 15.8 Å². The summed E-state index contributed by atoms with van der Waals surface area (Å²) in [7, 11) is 1.87. The third-order valence-corrected chi connectivity index (χ3v) is 9.02. The molecule has 4 rings (SSSR count). The third kappa shape index (κ3) is 8.57. The Balaban J connectivity index is 1.84. The fourth-order valence-electron chi connectivity index (χ4n) is 6.69. The van der Waals surface area contributed by atoms with Crippen LogP contribution in [0.25, 0.3) is 11.1 Å². The van der Waals surface area contributed by atoms with Crippen LogP contribution in [0.1, 0.15) is 90.9 Å². The number of piperidine rings is 1. The van der Waals surface area contributed by atoms with Gasteiger partial charge in [-0.25, -0.2) is 8.78 Å². The first-order chi connectivity index (χ1) is 22.9. The molecule has 0 radical (unpaired) electrons. The van der Waals surface area contributed by atoms with Crippen molar-refractivity contribution in [2.45, 2.75) is 77.6 Å². The van der Waals surface area contributed by atoms with Gasteiger partial charge in [0.2, 0.25) is 5.91 Å². The van der Waals surface area contributed by atoms with Gasteiger partial charge in [-0.15, -0.1) is 6.42 Å². The lowest BCUT2D eigenvalue weighted by Crippen LogP contribution is -2.41. The second kappa shape index (κ2) is 14.9. The van der Waals surface area contributed by atoms with Gasteiger partial charge < -0.3 is 19.9 Å².